The quantitative estimate of drug-likeness (QED) is 0.475. The minimum atomic E-state index is -3.42. The highest BCUT2D eigenvalue weighted by Crippen LogP contribution is 2.22. The van der Waals surface area contributed by atoms with Gasteiger partial charge in [0.25, 0.3) is 0 Å². The van der Waals surface area contributed by atoms with Crippen molar-refractivity contribution >= 4 is 32.6 Å². The van der Waals surface area contributed by atoms with Crippen LogP contribution >= 0.6 is 22.6 Å². The van der Waals surface area contributed by atoms with E-state index in [9.17, 15) is 8.42 Å². The first kappa shape index (κ1) is 16.0. The van der Waals surface area contributed by atoms with E-state index in [2.05, 4.69) is 39.5 Å². The largest absolute Gasteiger partial charge is 0.240 e. The van der Waals surface area contributed by atoms with Crippen molar-refractivity contribution in [1.29, 1.82) is 0 Å². The average Bonchev–Trinajstić information content (AvgIpc) is 2.39. The second-order valence-corrected chi connectivity index (χ2v) is 8.50. The molecular weight excluding hydrogens is 385 g/mol. The van der Waals surface area contributed by atoms with Gasteiger partial charge in [-0.25, -0.2) is 13.1 Å². The van der Waals surface area contributed by atoms with E-state index in [1.54, 1.807) is 12.1 Å². The molecule has 20 heavy (non-hydrogen) atoms. The first-order valence-corrected chi connectivity index (χ1v) is 9.60. The smallest absolute Gasteiger partial charge is 0.207 e. The van der Waals surface area contributed by atoms with E-state index in [0.29, 0.717) is 8.82 Å². The van der Waals surface area contributed by atoms with Crippen LogP contribution in [-0.4, -0.2) is 18.4 Å². The van der Waals surface area contributed by atoms with Gasteiger partial charge < -0.3 is 0 Å². The van der Waals surface area contributed by atoms with Crippen LogP contribution in [0.4, 0.5) is 0 Å². The molecule has 5 heteroatoms. The Bertz CT molecular complexity index is 566. The predicted octanol–water partition coefficient (Wildman–Crippen LogP) is 3.58. The summed E-state index contributed by atoms with van der Waals surface area (Å²) in [6, 6.07) is 7.01. The third-order valence-electron chi connectivity index (χ3n) is 3.49. The van der Waals surface area contributed by atoms with Crippen molar-refractivity contribution in [3.63, 3.8) is 0 Å². The molecule has 0 radical (unpaired) electrons. The molecule has 1 aromatic carbocycles. The average molecular weight is 405 g/mol. The monoisotopic (exact) mass is 405 g/mol. The second-order valence-electron chi connectivity index (χ2n) is 5.18. The molecule has 1 N–H and O–H groups in total. The van der Waals surface area contributed by atoms with Crippen molar-refractivity contribution in [3.05, 3.63) is 42.0 Å². The maximum atomic E-state index is 12.4. The molecule has 0 saturated carbocycles. The molecule has 0 unspecified atom stereocenters. The summed E-state index contributed by atoms with van der Waals surface area (Å²) in [6.07, 6.45) is 8.16. The SMILES string of the molecule is Cc1ccc(S(=O)(=O)N[C@@H]2CC/C=C\CC[C@H]2I)cc1. The number of aryl methyl sites for hydroxylation is 1. The van der Waals surface area contributed by atoms with E-state index in [0.717, 1.165) is 31.2 Å². The summed E-state index contributed by atoms with van der Waals surface area (Å²) in [5.74, 6) is 0. The summed E-state index contributed by atoms with van der Waals surface area (Å²) in [6.45, 7) is 1.95. The first-order chi connectivity index (χ1) is 9.49. The lowest BCUT2D eigenvalue weighted by Crippen LogP contribution is -2.41. The molecule has 1 aromatic rings. The van der Waals surface area contributed by atoms with Crippen LogP contribution in [0.1, 0.15) is 31.2 Å². The molecule has 0 aromatic heterocycles. The number of allylic oxidation sites excluding steroid dienone is 2. The van der Waals surface area contributed by atoms with Gasteiger partial charge >= 0.3 is 0 Å². The lowest BCUT2D eigenvalue weighted by Gasteiger charge is -2.24. The van der Waals surface area contributed by atoms with Gasteiger partial charge in [0.05, 0.1) is 4.90 Å². The third kappa shape index (κ3) is 4.30. The minimum Gasteiger partial charge on any atom is -0.207 e. The Morgan fingerprint density at radius 3 is 2.35 bits per heavy atom. The summed E-state index contributed by atoms with van der Waals surface area (Å²) in [7, 11) is -3.42. The van der Waals surface area contributed by atoms with E-state index in [-0.39, 0.29) is 6.04 Å². The number of rotatable bonds is 3. The maximum absolute atomic E-state index is 12.4. The fraction of sp³-hybridized carbons (Fsp3) is 0.467. The van der Waals surface area contributed by atoms with Crippen LogP contribution in [0.5, 0.6) is 0 Å². The zero-order valence-corrected chi connectivity index (χ0v) is 14.5. The van der Waals surface area contributed by atoms with Crippen molar-refractivity contribution < 1.29 is 8.42 Å². The van der Waals surface area contributed by atoms with Gasteiger partial charge in [0.15, 0.2) is 0 Å². The van der Waals surface area contributed by atoms with Gasteiger partial charge in [0, 0.05) is 9.97 Å². The molecule has 0 amide bonds. The molecule has 0 heterocycles. The highest BCUT2D eigenvalue weighted by molar-refractivity contribution is 14.1. The lowest BCUT2D eigenvalue weighted by atomic mass is 10.0. The Kier molecular flexibility index (Phi) is 5.63. The van der Waals surface area contributed by atoms with Gasteiger partial charge in [-0.15, -0.1) is 0 Å². The van der Waals surface area contributed by atoms with E-state index in [4.69, 9.17) is 0 Å². The van der Waals surface area contributed by atoms with Crippen LogP contribution in [0, 0.1) is 6.92 Å². The van der Waals surface area contributed by atoms with Gasteiger partial charge in [0.1, 0.15) is 0 Å². The zero-order valence-electron chi connectivity index (χ0n) is 11.5. The zero-order chi connectivity index (χ0) is 14.6. The fourth-order valence-corrected chi connectivity index (χ4v) is 4.72. The third-order valence-corrected chi connectivity index (χ3v) is 6.49. The number of benzene rings is 1. The van der Waals surface area contributed by atoms with Crippen LogP contribution in [0.15, 0.2) is 41.3 Å². The first-order valence-electron chi connectivity index (χ1n) is 6.87. The standard InChI is InChI=1S/C15H20INO2S/c1-12-8-10-13(11-9-12)20(18,19)17-15-7-5-3-2-4-6-14(15)16/h2-3,8-11,14-15,17H,4-7H2,1H3/b3-2-/t14-,15-/m1/s1. The highest BCUT2D eigenvalue weighted by Gasteiger charge is 2.25. The highest BCUT2D eigenvalue weighted by atomic mass is 127. The number of hydrogen-bond donors (Lipinski definition) is 1. The fourth-order valence-electron chi connectivity index (χ4n) is 2.27. The number of sulfonamides is 1. The normalized spacial score (nSPS) is 25.7. The summed E-state index contributed by atoms with van der Waals surface area (Å²) in [5.41, 5.74) is 1.06. The molecule has 0 bridgehead atoms. The Balaban J connectivity index is 2.14. The minimum absolute atomic E-state index is 0.00635. The maximum Gasteiger partial charge on any atom is 0.240 e. The predicted molar refractivity (Wildman–Crippen MR) is 90.7 cm³/mol. The van der Waals surface area contributed by atoms with Crippen molar-refractivity contribution in [2.45, 2.75) is 47.5 Å². The number of nitrogens with one attached hydrogen (secondary N) is 1. The molecule has 0 fully saturated rings. The van der Waals surface area contributed by atoms with Crippen LogP contribution in [0.3, 0.4) is 0 Å². The molecule has 2 rings (SSSR count). The van der Waals surface area contributed by atoms with Gasteiger partial charge in [-0.05, 0) is 44.7 Å². The summed E-state index contributed by atoms with van der Waals surface area (Å²) in [5, 5.41) is 0. The molecule has 2 atom stereocenters. The topological polar surface area (TPSA) is 46.2 Å². The molecule has 1 aliphatic rings. The number of hydrogen-bond acceptors (Lipinski definition) is 2. The van der Waals surface area contributed by atoms with E-state index >= 15 is 0 Å². The Hall–Kier alpha value is -0.400. The summed E-state index contributed by atoms with van der Waals surface area (Å²) >= 11 is 2.36. The lowest BCUT2D eigenvalue weighted by molar-refractivity contribution is 0.507. The molecule has 0 saturated heterocycles. The Labute approximate surface area is 135 Å². The van der Waals surface area contributed by atoms with Gasteiger partial charge in [-0.1, -0.05) is 52.4 Å². The van der Waals surface area contributed by atoms with Crippen LogP contribution in [0.25, 0.3) is 0 Å². The second kappa shape index (κ2) is 7.04. The van der Waals surface area contributed by atoms with Crippen molar-refractivity contribution in [1.82, 2.24) is 4.72 Å². The summed E-state index contributed by atoms with van der Waals surface area (Å²) < 4.78 is 28.1. The molecule has 3 nitrogen and oxygen atoms in total. The number of alkyl halides is 1. The Morgan fingerprint density at radius 1 is 1.10 bits per heavy atom. The Morgan fingerprint density at radius 2 is 1.70 bits per heavy atom. The van der Waals surface area contributed by atoms with Crippen LogP contribution in [-0.2, 0) is 10.0 Å². The van der Waals surface area contributed by atoms with Crippen LogP contribution < -0.4 is 4.72 Å². The molecule has 0 spiro atoms. The van der Waals surface area contributed by atoms with Crippen molar-refractivity contribution in [2.75, 3.05) is 0 Å². The molecule has 0 aliphatic heterocycles. The number of halogens is 1. The van der Waals surface area contributed by atoms with Crippen molar-refractivity contribution in [2.24, 2.45) is 0 Å². The molecule has 1 aliphatic carbocycles. The van der Waals surface area contributed by atoms with Gasteiger partial charge in [0.2, 0.25) is 10.0 Å². The molecule has 110 valence electrons. The van der Waals surface area contributed by atoms with E-state index in [1.165, 1.54) is 0 Å². The molecular formula is C15H20INO2S. The van der Waals surface area contributed by atoms with Gasteiger partial charge in [-0.3, -0.25) is 0 Å². The van der Waals surface area contributed by atoms with Gasteiger partial charge in [-0.2, -0.15) is 0 Å². The summed E-state index contributed by atoms with van der Waals surface area (Å²) in [4.78, 5) is 0.351. The van der Waals surface area contributed by atoms with Crippen LogP contribution in [0.2, 0.25) is 0 Å². The van der Waals surface area contributed by atoms with E-state index in [1.807, 2.05) is 19.1 Å². The van der Waals surface area contributed by atoms with Crippen molar-refractivity contribution in [3.8, 4) is 0 Å². The van der Waals surface area contributed by atoms with E-state index < -0.39 is 10.0 Å².